The molecule has 1 saturated carbocycles. The first kappa shape index (κ1) is 20.0. The summed E-state index contributed by atoms with van der Waals surface area (Å²) < 4.78 is 67.5. The Morgan fingerprint density at radius 1 is 1.13 bits per heavy atom. The fraction of sp³-hybridized carbons (Fsp3) is 0.250. The number of hydrogen-bond donors (Lipinski definition) is 1. The van der Waals surface area contributed by atoms with Crippen LogP contribution in [0.2, 0.25) is 0 Å². The number of fused-ring (bicyclic) bond motifs is 1. The minimum absolute atomic E-state index is 0.0166. The zero-order chi connectivity index (χ0) is 21.6. The molecule has 0 radical (unpaired) electrons. The molecule has 1 fully saturated rings. The van der Waals surface area contributed by atoms with Gasteiger partial charge in [-0.3, -0.25) is 15.0 Å². The highest BCUT2D eigenvalue weighted by Gasteiger charge is 2.36. The van der Waals surface area contributed by atoms with E-state index >= 15 is 0 Å². The summed E-state index contributed by atoms with van der Waals surface area (Å²) in [4.78, 5) is 29.3. The largest absolute Gasteiger partial charge is 0.418 e. The van der Waals surface area contributed by atoms with E-state index in [4.69, 9.17) is 0 Å². The summed E-state index contributed by atoms with van der Waals surface area (Å²) in [5, 5.41) is -0.300. The fourth-order valence-corrected chi connectivity index (χ4v) is 3.24. The number of carbonyl (C=O) groups excluding carboxylic acids is 1. The summed E-state index contributed by atoms with van der Waals surface area (Å²) in [6.07, 6.45) is -3.92. The van der Waals surface area contributed by atoms with Crippen molar-refractivity contribution < 1.29 is 26.7 Å². The maximum absolute atomic E-state index is 13.3. The molecule has 0 unspecified atom stereocenters. The van der Waals surface area contributed by atoms with Crippen molar-refractivity contribution in [2.24, 2.45) is 0 Å². The summed E-state index contributed by atoms with van der Waals surface area (Å²) in [6.45, 7) is 0. The van der Waals surface area contributed by atoms with Crippen molar-refractivity contribution in [2.75, 3.05) is 5.43 Å². The molecule has 1 N–H and O–H groups in total. The highest BCUT2D eigenvalue weighted by Crippen LogP contribution is 2.40. The Morgan fingerprint density at radius 2 is 1.80 bits per heavy atom. The summed E-state index contributed by atoms with van der Waals surface area (Å²) in [5.41, 5.74) is -0.0112. The maximum atomic E-state index is 13.3. The highest BCUT2D eigenvalue weighted by atomic mass is 19.4. The summed E-state index contributed by atoms with van der Waals surface area (Å²) >= 11 is 0. The standard InChI is InChI=1S/C20H14F5N3O2/c21-12-6-10(7-13(22)9-12)8-16(29)27-28-18(11-4-5-11)26-17-14(19(28)30)2-1-3-15(17)20(23,24)25/h1-3,6-7,9,11H,4-5,8H2,(H,27,29). The topological polar surface area (TPSA) is 64.0 Å². The van der Waals surface area contributed by atoms with Crippen LogP contribution in [-0.2, 0) is 17.4 Å². The molecule has 1 heterocycles. The van der Waals surface area contributed by atoms with Crippen LogP contribution < -0.4 is 11.0 Å². The second kappa shape index (κ2) is 7.19. The number of nitrogens with one attached hydrogen (secondary N) is 1. The second-order valence-electron chi connectivity index (χ2n) is 7.07. The van der Waals surface area contributed by atoms with E-state index in [0.717, 1.165) is 28.9 Å². The number of halogens is 5. The molecule has 0 spiro atoms. The first-order valence-corrected chi connectivity index (χ1v) is 9.01. The van der Waals surface area contributed by atoms with Gasteiger partial charge in [-0.25, -0.2) is 18.4 Å². The molecular formula is C20H14F5N3O2. The predicted molar refractivity (Wildman–Crippen MR) is 97.4 cm³/mol. The van der Waals surface area contributed by atoms with Crippen LogP contribution in [0.25, 0.3) is 10.9 Å². The molecule has 1 amide bonds. The Hall–Kier alpha value is -3.30. The minimum atomic E-state index is -4.70. The third-order valence-electron chi connectivity index (χ3n) is 4.70. The monoisotopic (exact) mass is 423 g/mol. The van der Waals surface area contributed by atoms with E-state index in [-0.39, 0.29) is 22.7 Å². The van der Waals surface area contributed by atoms with Crippen LogP contribution in [0.15, 0.2) is 41.2 Å². The van der Waals surface area contributed by atoms with E-state index in [1.165, 1.54) is 6.07 Å². The van der Waals surface area contributed by atoms with Crippen LogP contribution in [0, 0.1) is 11.6 Å². The molecule has 1 aliphatic carbocycles. The Morgan fingerprint density at radius 3 is 2.40 bits per heavy atom. The van der Waals surface area contributed by atoms with Gasteiger partial charge in [-0.15, -0.1) is 0 Å². The van der Waals surface area contributed by atoms with Gasteiger partial charge in [-0.05, 0) is 42.7 Å². The van der Waals surface area contributed by atoms with Crippen molar-refractivity contribution in [1.82, 2.24) is 9.66 Å². The Labute approximate surface area is 166 Å². The minimum Gasteiger partial charge on any atom is -0.273 e. The second-order valence-corrected chi connectivity index (χ2v) is 7.07. The van der Waals surface area contributed by atoms with Gasteiger partial charge in [0.05, 0.1) is 22.9 Å². The number of para-hydroxylation sites is 1. The Balaban J connectivity index is 1.75. The van der Waals surface area contributed by atoms with Gasteiger partial charge in [0.2, 0.25) is 5.91 Å². The lowest BCUT2D eigenvalue weighted by Gasteiger charge is -2.16. The average Bonchev–Trinajstić information content (AvgIpc) is 3.46. The van der Waals surface area contributed by atoms with E-state index in [9.17, 15) is 31.5 Å². The summed E-state index contributed by atoms with van der Waals surface area (Å²) in [6, 6.07) is 5.73. The van der Waals surface area contributed by atoms with Gasteiger partial charge in [0.15, 0.2) is 0 Å². The maximum Gasteiger partial charge on any atom is 0.418 e. The van der Waals surface area contributed by atoms with Gasteiger partial charge in [-0.1, -0.05) is 6.07 Å². The Kier molecular flexibility index (Phi) is 4.79. The van der Waals surface area contributed by atoms with Crippen molar-refractivity contribution in [1.29, 1.82) is 0 Å². The molecule has 2 aromatic carbocycles. The van der Waals surface area contributed by atoms with Gasteiger partial charge in [-0.2, -0.15) is 13.2 Å². The molecule has 0 atom stereocenters. The van der Waals surface area contributed by atoms with Crippen LogP contribution in [0.3, 0.4) is 0 Å². The Bertz CT molecular complexity index is 1200. The molecule has 4 rings (SSSR count). The third-order valence-corrected chi connectivity index (χ3v) is 4.70. The number of carbonyl (C=O) groups is 1. The number of amides is 1. The van der Waals surface area contributed by atoms with Crippen LogP contribution in [0.1, 0.15) is 35.7 Å². The van der Waals surface area contributed by atoms with E-state index in [0.29, 0.717) is 18.9 Å². The van der Waals surface area contributed by atoms with Crippen molar-refractivity contribution in [2.45, 2.75) is 31.4 Å². The quantitative estimate of drug-likeness (QED) is 0.648. The molecule has 1 aromatic heterocycles. The average molecular weight is 423 g/mol. The fourth-order valence-electron chi connectivity index (χ4n) is 3.24. The lowest BCUT2D eigenvalue weighted by molar-refractivity contribution is -0.136. The van der Waals surface area contributed by atoms with Gasteiger partial charge < -0.3 is 0 Å². The van der Waals surface area contributed by atoms with Crippen LogP contribution in [-0.4, -0.2) is 15.6 Å². The highest BCUT2D eigenvalue weighted by molar-refractivity contribution is 5.87. The van der Waals surface area contributed by atoms with Crippen molar-refractivity contribution in [3.8, 4) is 0 Å². The molecule has 5 nitrogen and oxygen atoms in total. The van der Waals surface area contributed by atoms with Crippen LogP contribution >= 0.6 is 0 Å². The molecule has 0 bridgehead atoms. The summed E-state index contributed by atoms with van der Waals surface area (Å²) in [7, 11) is 0. The first-order chi connectivity index (χ1) is 14.1. The number of hydrogen-bond acceptors (Lipinski definition) is 3. The molecule has 156 valence electrons. The molecule has 0 aliphatic heterocycles. The van der Waals surface area contributed by atoms with Crippen molar-refractivity contribution >= 4 is 16.8 Å². The zero-order valence-electron chi connectivity index (χ0n) is 15.3. The lowest BCUT2D eigenvalue weighted by atomic mass is 10.1. The smallest absolute Gasteiger partial charge is 0.273 e. The van der Waals surface area contributed by atoms with Gasteiger partial charge in [0, 0.05) is 12.0 Å². The molecular weight excluding hydrogens is 409 g/mol. The first-order valence-electron chi connectivity index (χ1n) is 9.01. The molecule has 30 heavy (non-hydrogen) atoms. The zero-order valence-corrected chi connectivity index (χ0v) is 15.3. The van der Waals surface area contributed by atoms with Crippen LogP contribution in [0.5, 0.6) is 0 Å². The van der Waals surface area contributed by atoms with E-state index < -0.39 is 46.8 Å². The lowest BCUT2D eigenvalue weighted by Crippen LogP contribution is -2.37. The van der Waals surface area contributed by atoms with Crippen LogP contribution in [0.4, 0.5) is 22.0 Å². The van der Waals surface area contributed by atoms with Crippen molar-refractivity contribution in [3.63, 3.8) is 0 Å². The van der Waals surface area contributed by atoms with E-state index in [1.807, 2.05) is 0 Å². The molecule has 0 saturated heterocycles. The van der Waals surface area contributed by atoms with E-state index in [1.54, 1.807) is 0 Å². The molecule has 3 aromatic rings. The van der Waals surface area contributed by atoms with Gasteiger partial charge >= 0.3 is 6.18 Å². The number of benzene rings is 2. The normalized spacial score (nSPS) is 14.2. The van der Waals surface area contributed by atoms with Gasteiger partial charge in [0.25, 0.3) is 5.56 Å². The summed E-state index contributed by atoms with van der Waals surface area (Å²) in [5.74, 6) is -2.74. The number of nitrogens with zero attached hydrogens (tertiary/aromatic N) is 2. The van der Waals surface area contributed by atoms with E-state index in [2.05, 4.69) is 10.4 Å². The molecule has 1 aliphatic rings. The number of aromatic nitrogens is 2. The SMILES string of the molecule is O=C(Cc1cc(F)cc(F)c1)Nn1c(C2CC2)nc2c(C(F)(F)F)cccc2c1=O. The van der Waals surface area contributed by atoms with Gasteiger partial charge in [0.1, 0.15) is 17.5 Å². The third kappa shape index (κ3) is 3.89. The van der Waals surface area contributed by atoms with Crippen molar-refractivity contribution in [3.05, 3.63) is 75.3 Å². The number of alkyl halides is 3. The number of rotatable bonds is 4. The predicted octanol–water partition coefficient (Wildman–Crippen LogP) is 3.88. The molecule has 10 heteroatoms.